The molecule has 1 aliphatic heterocycles. The Bertz CT molecular complexity index is 1430. The van der Waals surface area contributed by atoms with E-state index in [2.05, 4.69) is 45.5 Å². The van der Waals surface area contributed by atoms with Crippen molar-refractivity contribution in [3.05, 3.63) is 94.3 Å². The van der Waals surface area contributed by atoms with Crippen molar-refractivity contribution < 1.29 is 9.47 Å². The summed E-state index contributed by atoms with van der Waals surface area (Å²) in [5.74, 6) is 1.34. The number of hydrogen-bond donors (Lipinski definition) is 1. The van der Waals surface area contributed by atoms with Crippen LogP contribution in [-0.4, -0.2) is 49.4 Å². The summed E-state index contributed by atoms with van der Waals surface area (Å²) < 4.78 is 11.8. The molecule has 206 valence electrons. The van der Waals surface area contributed by atoms with Crippen LogP contribution in [0, 0.1) is 11.3 Å². The fourth-order valence-electron chi connectivity index (χ4n) is 4.56. The summed E-state index contributed by atoms with van der Waals surface area (Å²) in [7, 11) is 3.79. The van der Waals surface area contributed by atoms with Gasteiger partial charge in [-0.1, -0.05) is 29.8 Å². The summed E-state index contributed by atoms with van der Waals surface area (Å²) in [6, 6.07) is 19.7. The molecule has 0 saturated carbocycles. The van der Waals surface area contributed by atoms with E-state index in [1.165, 1.54) is 6.42 Å². The number of nitriles is 1. The molecule has 0 aliphatic carbocycles. The Morgan fingerprint density at radius 1 is 1.20 bits per heavy atom. The van der Waals surface area contributed by atoms with Gasteiger partial charge in [-0.3, -0.25) is 14.9 Å². The van der Waals surface area contributed by atoms with Crippen LogP contribution in [0.15, 0.2) is 77.4 Å². The number of nitrogens with zero attached hydrogens (tertiary/aromatic N) is 4. The smallest absolute Gasteiger partial charge is 0.138 e. The predicted octanol–water partition coefficient (Wildman–Crippen LogP) is 6.87. The third-order valence-corrected chi connectivity index (χ3v) is 6.92. The monoisotopic (exact) mass is 555 g/mol. The standard InChI is InChI=1S/C32H34ClN5O2/c1-4-39-30-14-11-24(18-23(30)10-13-28-9-7-17-38(28)3)32(25(20-34)21-35-2)37-26-12-15-31(29(33)19-26)40-22-27-8-5-6-16-36-27/h5-6,8,10-16,18-19,21,28,37H,4,7,9,17,22H2,1-3H3/b13-10+,32-25+,35-21?. The summed E-state index contributed by atoms with van der Waals surface area (Å²) in [5, 5.41) is 13.8. The molecule has 3 aromatic rings. The van der Waals surface area contributed by atoms with Crippen molar-refractivity contribution in [1.29, 1.82) is 5.26 Å². The predicted molar refractivity (Wildman–Crippen MR) is 163 cm³/mol. The summed E-state index contributed by atoms with van der Waals surface area (Å²) >= 11 is 6.57. The highest BCUT2D eigenvalue weighted by Gasteiger charge is 2.18. The van der Waals surface area contributed by atoms with E-state index in [-0.39, 0.29) is 0 Å². The summed E-state index contributed by atoms with van der Waals surface area (Å²) in [4.78, 5) is 10.7. The average molecular weight is 556 g/mol. The average Bonchev–Trinajstić information content (AvgIpc) is 3.39. The number of halogens is 1. The topological polar surface area (TPSA) is 82.8 Å². The Kier molecular flexibility index (Phi) is 10.3. The molecule has 1 atom stereocenters. The number of nitrogens with one attached hydrogen (secondary N) is 1. The zero-order valence-electron chi connectivity index (χ0n) is 23.1. The summed E-state index contributed by atoms with van der Waals surface area (Å²) in [6.45, 7) is 3.94. The van der Waals surface area contributed by atoms with Crippen LogP contribution in [0.2, 0.25) is 5.02 Å². The fourth-order valence-corrected chi connectivity index (χ4v) is 4.80. The third kappa shape index (κ3) is 7.50. The Morgan fingerprint density at radius 3 is 2.73 bits per heavy atom. The second kappa shape index (κ2) is 14.3. The van der Waals surface area contributed by atoms with E-state index in [4.69, 9.17) is 21.1 Å². The number of allylic oxidation sites excluding steroid dienone is 1. The van der Waals surface area contributed by atoms with Crippen LogP contribution in [0.25, 0.3) is 11.8 Å². The van der Waals surface area contributed by atoms with Gasteiger partial charge in [-0.05, 0) is 81.9 Å². The van der Waals surface area contributed by atoms with E-state index in [0.29, 0.717) is 47.0 Å². The minimum Gasteiger partial charge on any atom is -0.493 e. The van der Waals surface area contributed by atoms with Gasteiger partial charge in [0.05, 0.1) is 28.6 Å². The second-order valence-corrected chi connectivity index (χ2v) is 9.81. The number of hydrogen-bond acceptors (Lipinski definition) is 7. The van der Waals surface area contributed by atoms with E-state index in [0.717, 1.165) is 35.5 Å². The van der Waals surface area contributed by atoms with Gasteiger partial charge < -0.3 is 14.8 Å². The van der Waals surface area contributed by atoms with Crippen LogP contribution < -0.4 is 14.8 Å². The Balaban J connectivity index is 1.64. The SMILES string of the molecule is CCOc1ccc(/C(Nc2ccc(OCc3ccccn3)c(Cl)c2)=C(/C#N)C=NC)cc1/C=C/C1CCCN1C. The molecule has 1 N–H and O–H groups in total. The van der Waals surface area contributed by atoms with Crippen molar-refractivity contribution in [3.63, 3.8) is 0 Å². The lowest BCUT2D eigenvalue weighted by atomic mass is 10.0. The number of rotatable bonds is 11. The van der Waals surface area contributed by atoms with Gasteiger partial charge in [-0.2, -0.15) is 5.26 Å². The maximum absolute atomic E-state index is 9.99. The number of pyridine rings is 1. The van der Waals surface area contributed by atoms with Gasteiger partial charge in [0, 0.05) is 42.3 Å². The Hall–Kier alpha value is -4.12. The second-order valence-electron chi connectivity index (χ2n) is 9.40. The van der Waals surface area contributed by atoms with Crippen molar-refractivity contribution in [3.8, 4) is 17.6 Å². The van der Waals surface area contributed by atoms with Crippen LogP contribution >= 0.6 is 11.6 Å². The lowest BCUT2D eigenvalue weighted by Gasteiger charge is -2.17. The number of likely N-dealkylation sites (N-methyl/N-ethyl adjacent to an activating group) is 1. The first-order chi connectivity index (χ1) is 19.5. The van der Waals surface area contributed by atoms with Crippen molar-refractivity contribution >= 4 is 35.3 Å². The van der Waals surface area contributed by atoms with Crippen LogP contribution in [0.3, 0.4) is 0 Å². The molecule has 1 aliphatic rings. The molecule has 1 saturated heterocycles. The Morgan fingerprint density at radius 2 is 2.05 bits per heavy atom. The highest BCUT2D eigenvalue weighted by Crippen LogP contribution is 2.32. The third-order valence-electron chi connectivity index (χ3n) is 6.62. The minimum absolute atomic E-state index is 0.309. The number of aliphatic imine (C=N–C) groups is 1. The molecule has 8 heteroatoms. The first-order valence-corrected chi connectivity index (χ1v) is 13.7. The largest absolute Gasteiger partial charge is 0.493 e. The molecule has 4 rings (SSSR count). The van der Waals surface area contributed by atoms with Crippen molar-refractivity contribution in [2.24, 2.45) is 4.99 Å². The fraction of sp³-hybridized carbons (Fsp3) is 0.281. The van der Waals surface area contributed by atoms with Crippen LogP contribution in [0.5, 0.6) is 11.5 Å². The minimum atomic E-state index is 0.309. The molecule has 0 spiro atoms. The molecule has 0 bridgehead atoms. The molecule has 0 amide bonds. The zero-order valence-corrected chi connectivity index (χ0v) is 23.9. The molecule has 1 aromatic heterocycles. The summed E-state index contributed by atoms with van der Waals surface area (Å²) in [6.07, 6.45) is 9.95. The quantitative estimate of drug-likeness (QED) is 0.205. The first-order valence-electron chi connectivity index (χ1n) is 13.3. The van der Waals surface area contributed by atoms with Gasteiger partial charge >= 0.3 is 0 Å². The lowest BCUT2D eigenvalue weighted by Crippen LogP contribution is -2.22. The normalized spacial score (nSPS) is 16.2. The van der Waals surface area contributed by atoms with Crippen LogP contribution in [0.4, 0.5) is 5.69 Å². The molecule has 40 heavy (non-hydrogen) atoms. The van der Waals surface area contributed by atoms with E-state index in [9.17, 15) is 5.26 Å². The van der Waals surface area contributed by atoms with Crippen LogP contribution in [0.1, 0.15) is 36.6 Å². The molecule has 2 aromatic carbocycles. The van der Waals surface area contributed by atoms with Gasteiger partial charge in [0.1, 0.15) is 24.2 Å². The van der Waals surface area contributed by atoms with Gasteiger partial charge in [0.2, 0.25) is 0 Å². The number of ether oxygens (including phenoxy) is 2. The molecule has 2 heterocycles. The highest BCUT2D eigenvalue weighted by molar-refractivity contribution is 6.32. The number of likely N-dealkylation sites (tertiary alicyclic amines) is 1. The molecular weight excluding hydrogens is 522 g/mol. The number of benzene rings is 2. The van der Waals surface area contributed by atoms with Gasteiger partial charge in [-0.25, -0.2) is 0 Å². The van der Waals surface area contributed by atoms with E-state index >= 15 is 0 Å². The van der Waals surface area contributed by atoms with Crippen molar-refractivity contribution in [2.75, 3.05) is 32.6 Å². The molecule has 1 unspecified atom stereocenters. The maximum Gasteiger partial charge on any atom is 0.138 e. The molecule has 7 nitrogen and oxygen atoms in total. The number of aromatic nitrogens is 1. The van der Waals surface area contributed by atoms with Gasteiger partial charge in [0.25, 0.3) is 0 Å². The van der Waals surface area contributed by atoms with E-state index in [1.54, 1.807) is 31.6 Å². The highest BCUT2D eigenvalue weighted by atomic mass is 35.5. The maximum atomic E-state index is 9.99. The lowest BCUT2D eigenvalue weighted by molar-refractivity contribution is 0.301. The molecular formula is C32H34ClN5O2. The van der Waals surface area contributed by atoms with Crippen molar-refractivity contribution in [2.45, 2.75) is 32.4 Å². The van der Waals surface area contributed by atoms with Gasteiger partial charge in [-0.15, -0.1) is 0 Å². The molecule has 1 fully saturated rings. The number of anilines is 1. The van der Waals surface area contributed by atoms with Crippen LogP contribution in [-0.2, 0) is 6.61 Å². The molecule has 0 radical (unpaired) electrons. The van der Waals surface area contributed by atoms with Gasteiger partial charge in [0.15, 0.2) is 0 Å². The van der Waals surface area contributed by atoms with E-state index < -0.39 is 0 Å². The Labute approximate surface area is 241 Å². The first kappa shape index (κ1) is 28.9. The van der Waals surface area contributed by atoms with Crippen molar-refractivity contribution in [1.82, 2.24) is 9.88 Å². The summed E-state index contributed by atoms with van der Waals surface area (Å²) in [5.41, 5.74) is 4.29. The zero-order chi connectivity index (χ0) is 28.3. The van der Waals surface area contributed by atoms with E-state index in [1.807, 2.05) is 49.4 Å².